The van der Waals surface area contributed by atoms with E-state index >= 15 is 0 Å². The van der Waals surface area contributed by atoms with Crippen LogP contribution >= 0.6 is 11.3 Å². The molecular weight excluding hydrogens is 274 g/mol. The van der Waals surface area contributed by atoms with Crippen LogP contribution in [0, 0.1) is 0 Å². The van der Waals surface area contributed by atoms with E-state index in [-0.39, 0.29) is 11.5 Å². The Morgan fingerprint density at radius 3 is 2.94 bits per heavy atom. The minimum absolute atomic E-state index is 0.130. The highest BCUT2D eigenvalue weighted by molar-refractivity contribution is 7.89. The van der Waals surface area contributed by atoms with Crippen LogP contribution in [0.1, 0.15) is 10.7 Å². The van der Waals surface area contributed by atoms with Crippen molar-refractivity contribution in [2.75, 3.05) is 6.54 Å². The number of nitrogens with zero attached hydrogens (tertiary/aromatic N) is 1. The van der Waals surface area contributed by atoms with E-state index in [0.29, 0.717) is 18.7 Å². The monoisotopic (exact) mass is 287 g/mol. The van der Waals surface area contributed by atoms with Gasteiger partial charge in [-0.2, -0.15) is 0 Å². The van der Waals surface area contributed by atoms with Crippen LogP contribution in [0.3, 0.4) is 0 Å². The summed E-state index contributed by atoms with van der Waals surface area (Å²) in [6.07, 6.45) is 3.61. The zero-order valence-corrected chi connectivity index (χ0v) is 11.1. The maximum Gasteiger partial charge on any atom is 0.242 e. The maximum absolute atomic E-state index is 11.9. The molecule has 98 valence electrons. The summed E-state index contributed by atoms with van der Waals surface area (Å²) in [4.78, 5) is 6.89. The van der Waals surface area contributed by atoms with Gasteiger partial charge in [-0.3, -0.25) is 0 Å². The molecule has 0 aromatic carbocycles. The van der Waals surface area contributed by atoms with Gasteiger partial charge in [-0.15, -0.1) is 11.3 Å². The Kier molecular flexibility index (Phi) is 4.12. The van der Waals surface area contributed by atoms with Gasteiger partial charge in [0.25, 0.3) is 0 Å². The second-order valence-electron chi connectivity index (χ2n) is 3.59. The third-order valence-electron chi connectivity index (χ3n) is 2.31. The van der Waals surface area contributed by atoms with Gasteiger partial charge in [0, 0.05) is 36.4 Å². The molecule has 0 aliphatic rings. The van der Waals surface area contributed by atoms with Crippen LogP contribution in [0.5, 0.6) is 0 Å². The largest absolute Gasteiger partial charge is 0.390 e. The molecule has 0 aliphatic heterocycles. The molecule has 0 unspecified atom stereocenters. The van der Waals surface area contributed by atoms with Crippen molar-refractivity contribution in [3.63, 3.8) is 0 Å². The number of nitrogens with one attached hydrogen (secondary N) is 2. The van der Waals surface area contributed by atoms with Gasteiger partial charge in [0.15, 0.2) is 0 Å². The minimum Gasteiger partial charge on any atom is -0.390 e. The van der Waals surface area contributed by atoms with Gasteiger partial charge in [0.05, 0.1) is 16.5 Å². The number of aromatic nitrogens is 2. The molecule has 2 heterocycles. The van der Waals surface area contributed by atoms with Gasteiger partial charge in [0.1, 0.15) is 0 Å². The van der Waals surface area contributed by atoms with E-state index in [1.54, 1.807) is 6.20 Å². The molecule has 8 heteroatoms. The highest BCUT2D eigenvalue weighted by Crippen LogP contribution is 2.11. The zero-order chi connectivity index (χ0) is 13.0. The third-order valence-corrected chi connectivity index (χ3v) is 4.59. The highest BCUT2D eigenvalue weighted by Gasteiger charge is 2.15. The lowest BCUT2D eigenvalue weighted by Gasteiger charge is -2.03. The van der Waals surface area contributed by atoms with Crippen molar-refractivity contribution < 1.29 is 13.5 Å². The fourth-order valence-corrected chi connectivity index (χ4v) is 3.09. The summed E-state index contributed by atoms with van der Waals surface area (Å²) in [6, 6.07) is 1.41. The van der Waals surface area contributed by atoms with Crippen molar-refractivity contribution in [1.82, 2.24) is 14.7 Å². The van der Waals surface area contributed by atoms with Gasteiger partial charge >= 0.3 is 0 Å². The summed E-state index contributed by atoms with van der Waals surface area (Å²) in [5.74, 6) is 0. The number of rotatable bonds is 6. The number of sulfonamides is 1. The van der Waals surface area contributed by atoms with E-state index in [9.17, 15) is 8.42 Å². The lowest BCUT2D eigenvalue weighted by atomic mass is 10.5. The molecule has 2 aromatic rings. The lowest BCUT2D eigenvalue weighted by Crippen LogP contribution is -2.25. The topological polar surface area (TPSA) is 95.1 Å². The van der Waals surface area contributed by atoms with Crippen LogP contribution in [0.25, 0.3) is 0 Å². The first kappa shape index (κ1) is 13.2. The van der Waals surface area contributed by atoms with Gasteiger partial charge in [-0.1, -0.05) is 0 Å². The van der Waals surface area contributed by atoms with E-state index in [0.717, 1.165) is 5.01 Å². The number of hydrogen-bond acceptors (Lipinski definition) is 5. The van der Waals surface area contributed by atoms with E-state index in [1.165, 1.54) is 23.6 Å². The van der Waals surface area contributed by atoms with E-state index < -0.39 is 10.0 Å². The molecule has 18 heavy (non-hydrogen) atoms. The Labute approximate surface area is 109 Å². The second-order valence-corrected chi connectivity index (χ2v) is 6.34. The molecule has 6 nitrogen and oxygen atoms in total. The summed E-state index contributed by atoms with van der Waals surface area (Å²) in [6.45, 7) is 0.0874. The molecule has 0 spiro atoms. The maximum atomic E-state index is 11.9. The number of aliphatic hydroxyl groups excluding tert-OH is 1. The van der Waals surface area contributed by atoms with Crippen LogP contribution in [0.2, 0.25) is 0 Å². The van der Waals surface area contributed by atoms with Crippen molar-refractivity contribution in [2.45, 2.75) is 17.9 Å². The minimum atomic E-state index is -3.52. The predicted octanol–water partition coefficient (Wildman–Crippen LogP) is 0.484. The van der Waals surface area contributed by atoms with Crippen molar-refractivity contribution in [3.05, 3.63) is 34.5 Å². The van der Waals surface area contributed by atoms with E-state index in [2.05, 4.69) is 14.7 Å². The number of thiazole rings is 1. The summed E-state index contributed by atoms with van der Waals surface area (Å²) in [7, 11) is -3.52. The number of H-pyrrole nitrogens is 1. The molecule has 0 amide bonds. The predicted molar refractivity (Wildman–Crippen MR) is 67.7 cm³/mol. The van der Waals surface area contributed by atoms with E-state index in [1.807, 2.05) is 5.38 Å². The molecule has 3 N–H and O–H groups in total. The number of aromatic amines is 1. The first-order valence-corrected chi connectivity index (χ1v) is 7.64. The van der Waals surface area contributed by atoms with Crippen LogP contribution in [0.15, 0.2) is 28.7 Å². The Morgan fingerprint density at radius 2 is 2.33 bits per heavy atom. The summed E-state index contributed by atoms with van der Waals surface area (Å²) in [5, 5.41) is 11.6. The molecule has 0 atom stereocenters. The molecule has 0 saturated heterocycles. The molecule has 0 bridgehead atoms. The van der Waals surface area contributed by atoms with Gasteiger partial charge in [-0.05, 0) is 6.07 Å². The average Bonchev–Trinajstić information content (AvgIpc) is 2.99. The summed E-state index contributed by atoms with van der Waals surface area (Å²) < 4.78 is 26.2. The van der Waals surface area contributed by atoms with Crippen molar-refractivity contribution in [3.8, 4) is 0 Å². The first-order valence-electron chi connectivity index (χ1n) is 5.28. The Morgan fingerprint density at radius 1 is 1.50 bits per heavy atom. The number of hydrogen-bond donors (Lipinski definition) is 3. The Bertz CT molecular complexity index is 590. The Balaban J connectivity index is 1.95. The van der Waals surface area contributed by atoms with Crippen LogP contribution in [-0.2, 0) is 23.1 Å². The van der Waals surface area contributed by atoms with Gasteiger partial charge in [0.2, 0.25) is 10.0 Å². The SMILES string of the molecule is O=S(=O)(NCCc1nccs1)c1c[nH]c(CO)c1. The quantitative estimate of drug-likeness (QED) is 0.720. The van der Waals surface area contributed by atoms with E-state index in [4.69, 9.17) is 5.11 Å². The molecule has 0 aliphatic carbocycles. The van der Waals surface area contributed by atoms with Crippen LogP contribution in [-0.4, -0.2) is 30.0 Å². The molecule has 0 radical (unpaired) electrons. The van der Waals surface area contributed by atoms with Crippen LogP contribution < -0.4 is 4.72 Å². The summed E-state index contributed by atoms with van der Waals surface area (Å²) in [5.41, 5.74) is 0.468. The summed E-state index contributed by atoms with van der Waals surface area (Å²) >= 11 is 1.49. The lowest BCUT2D eigenvalue weighted by molar-refractivity contribution is 0.277. The van der Waals surface area contributed by atoms with Gasteiger partial charge < -0.3 is 10.1 Å². The first-order chi connectivity index (χ1) is 8.62. The average molecular weight is 287 g/mol. The molecule has 0 fully saturated rings. The fourth-order valence-electron chi connectivity index (χ4n) is 1.42. The number of aliphatic hydroxyl groups is 1. The van der Waals surface area contributed by atoms with Crippen LogP contribution in [0.4, 0.5) is 0 Å². The van der Waals surface area contributed by atoms with Gasteiger partial charge in [-0.25, -0.2) is 18.1 Å². The molecular formula is C10H13N3O3S2. The zero-order valence-electron chi connectivity index (χ0n) is 9.46. The smallest absolute Gasteiger partial charge is 0.242 e. The molecule has 2 aromatic heterocycles. The Hall–Kier alpha value is -1.22. The third kappa shape index (κ3) is 3.16. The highest BCUT2D eigenvalue weighted by atomic mass is 32.2. The standard InChI is InChI=1S/C10H13N3O3S2/c14-7-8-5-9(6-12-8)18(15,16)13-2-1-10-11-3-4-17-10/h3-6,12-14H,1-2,7H2. The molecule has 0 saturated carbocycles. The van der Waals surface area contributed by atoms with Crippen molar-refractivity contribution in [2.24, 2.45) is 0 Å². The normalized spacial score (nSPS) is 11.8. The fraction of sp³-hybridized carbons (Fsp3) is 0.300. The molecule has 2 rings (SSSR count). The van der Waals surface area contributed by atoms with Crippen molar-refractivity contribution >= 4 is 21.4 Å². The second kappa shape index (κ2) is 5.61. The van der Waals surface area contributed by atoms with Crippen molar-refractivity contribution in [1.29, 1.82) is 0 Å².